The highest BCUT2D eigenvalue weighted by molar-refractivity contribution is 7.89. The predicted octanol–water partition coefficient (Wildman–Crippen LogP) is 3.51. The molecule has 0 aromatic heterocycles. The minimum Gasteiger partial charge on any atom is -0.490 e. The summed E-state index contributed by atoms with van der Waals surface area (Å²) in [4.78, 5) is 0.111. The van der Waals surface area contributed by atoms with Gasteiger partial charge >= 0.3 is 0 Å². The predicted molar refractivity (Wildman–Crippen MR) is 94.3 cm³/mol. The lowest BCUT2D eigenvalue weighted by molar-refractivity contribution is 0.296. The van der Waals surface area contributed by atoms with E-state index in [4.69, 9.17) is 9.47 Å². The Morgan fingerprint density at radius 1 is 0.962 bits per heavy atom. The van der Waals surface area contributed by atoms with E-state index in [0.29, 0.717) is 31.3 Å². The minimum atomic E-state index is -3.69. The largest absolute Gasteiger partial charge is 0.490 e. The van der Waals surface area contributed by atoms with Crippen molar-refractivity contribution in [2.45, 2.75) is 30.2 Å². The van der Waals surface area contributed by atoms with Gasteiger partial charge in [-0.3, -0.25) is 0 Å². The molecule has 0 aliphatic carbocycles. The fourth-order valence-electron chi connectivity index (χ4n) is 3.49. The molecule has 2 heterocycles. The van der Waals surface area contributed by atoms with Gasteiger partial charge in [0.25, 0.3) is 0 Å². The summed E-state index contributed by atoms with van der Waals surface area (Å²) in [6.07, 6.45) is 2.33. The number of sulfonamides is 1. The number of halogens is 1. The number of hydrogen-bond donors (Lipinski definition) is 0. The van der Waals surface area contributed by atoms with Crippen molar-refractivity contribution in [2.75, 3.05) is 19.8 Å². The van der Waals surface area contributed by atoms with E-state index in [0.717, 1.165) is 24.8 Å². The van der Waals surface area contributed by atoms with Crippen LogP contribution in [0.2, 0.25) is 0 Å². The molecule has 0 radical (unpaired) electrons. The van der Waals surface area contributed by atoms with Gasteiger partial charge in [0.2, 0.25) is 10.0 Å². The highest BCUT2D eigenvalue weighted by atomic mass is 32.2. The van der Waals surface area contributed by atoms with Gasteiger partial charge in [-0.2, -0.15) is 4.31 Å². The zero-order valence-corrected chi connectivity index (χ0v) is 15.0. The van der Waals surface area contributed by atoms with Crippen molar-refractivity contribution in [3.8, 4) is 11.5 Å². The van der Waals surface area contributed by atoms with E-state index in [-0.39, 0.29) is 10.9 Å². The van der Waals surface area contributed by atoms with Crippen molar-refractivity contribution >= 4 is 10.0 Å². The van der Waals surface area contributed by atoms with Crippen LogP contribution < -0.4 is 9.47 Å². The maximum atomic E-state index is 13.2. The van der Waals surface area contributed by atoms with Crippen LogP contribution in [0, 0.1) is 5.82 Å². The number of nitrogens with zero attached hydrogens (tertiary/aromatic N) is 1. The third-order valence-electron chi connectivity index (χ3n) is 4.78. The Kier molecular flexibility index (Phi) is 4.58. The van der Waals surface area contributed by atoms with E-state index in [2.05, 4.69) is 0 Å². The average molecular weight is 377 g/mol. The molecule has 0 spiro atoms. The molecule has 1 unspecified atom stereocenters. The monoisotopic (exact) mass is 377 g/mol. The van der Waals surface area contributed by atoms with E-state index in [1.807, 2.05) is 18.2 Å². The summed E-state index contributed by atoms with van der Waals surface area (Å²) in [6.45, 7) is 1.64. The summed E-state index contributed by atoms with van der Waals surface area (Å²) >= 11 is 0. The van der Waals surface area contributed by atoms with Gasteiger partial charge in [-0.25, -0.2) is 12.8 Å². The Morgan fingerprint density at radius 2 is 1.69 bits per heavy atom. The number of hydrogen-bond acceptors (Lipinski definition) is 4. The van der Waals surface area contributed by atoms with E-state index in [1.54, 1.807) is 0 Å². The Hall–Kier alpha value is -2.12. The molecule has 7 heteroatoms. The third kappa shape index (κ3) is 3.17. The van der Waals surface area contributed by atoms with E-state index in [1.165, 1.54) is 28.6 Å². The lowest BCUT2D eigenvalue weighted by atomic mass is 10.0. The molecule has 0 saturated carbocycles. The second-order valence-corrected chi connectivity index (χ2v) is 8.37. The van der Waals surface area contributed by atoms with Crippen molar-refractivity contribution in [2.24, 2.45) is 0 Å². The first kappa shape index (κ1) is 17.3. The first-order chi connectivity index (χ1) is 12.6. The van der Waals surface area contributed by atoms with Crippen LogP contribution in [0.3, 0.4) is 0 Å². The SMILES string of the molecule is O=S(=O)(c1ccc(F)cc1)N1CCCC1c1ccc2c(c1)OCCCO2. The van der Waals surface area contributed by atoms with Crippen LogP contribution in [-0.4, -0.2) is 32.5 Å². The van der Waals surface area contributed by atoms with Gasteiger partial charge in [-0.1, -0.05) is 6.07 Å². The lowest BCUT2D eigenvalue weighted by Crippen LogP contribution is -2.30. The maximum Gasteiger partial charge on any atom is 0.243 e. The van der Waals surface area contributed by atoms with E-state index < -0.39 is 15.8 Å². The van der Waals surface area contributed by atoms with Crippen LogP contribution in [0.25, 0.3) is 0 Å². The highest BCUT2D eigenvalue weighted by Crippen LogP contribution is 2.40. The van der Waals surface area contributed by atoms with Crippen molar-refractivity contribution in [1.29, 1.82) is 0 Å². The van der Waals surface area contributed by atoms with Crippen LogP contribution in [0.15, 0.2) is 47.4 Å². The molecule has 5 nitrogen and oxygen atoms in total. The molecule has 2 aliphatic rings. The summed E-state index contributed by atoms with van der Waals surface area (Å²) in [6, 6.07) is 10.3. The Bertz CT molecular complexity index is 898. The molecule has 0 amide bonds. The van der Waals surface area contributed by atoms with Crippen LogP contribution in [-0.2, 0) is 10.0 Å². The quantitative estimate of drug-likeness (QED) is 0.821. The summed E-state index contributed by atoms with van der Waals surface area (Å²) in [5.74, 6) is 0.896. The molecular formula is C19H20FNO4S. The molecule has 138 valence electrons. The number of fused-ring (bicyclic) bond motifs is 1. The molecule has 1 fully saturated rings. The summed E-state index contributed by atoms with van der Waals surface area (Å²) in [7, 11) is -3.69. The second kappa shape index (κ2) is 6.89. The third-order valence-corrected chi connectivity index (χ3v) is 6.70. The average Bonchev–Trinajstić information content (AvgIpc) is 3.02. The molecule has 2 aliphatic heterocycles. The van der Waals surface area contributed by atoms with Crippen molar-refractivity contribution < 1.29 is 22.3 Å². The molecule has 1 atom stereocenters. The second-order valence-electron chi connectivity index (χ2n) is 6.48. The molecular weight excluding hydrogens is 357 g/mol. The Morgan fingerprint density at radius 3 is 2.46 bits per heavy atom. The summed E-state index contributed by atoms with van der Waals surface area (Å²) in [5, 5.41) is 0. The smallest absolute Gasteiger partial charge is 0.243 e. The molecule has 1 saturated heterocycles. The number of benzene rings is 2. The summed E-state index contributed by atoms with van der Waals surface area (Å²) in [5.41, 5.74) is 0.887. The van der Waals surface area contributed by atoms with Crippen LogP contribution >= 0.6 is 0 Å². The van der Waals surface area contributed by atoms with Gasteiger partial charge in [-0.05, 0) is 54.8 Å². The van der Waals surface area contributed by atoms with Crippen molar-refractivity contribution in [3.05, 3.63) is 53.8 Å². The Labute approximate surface area is 152 Å². The first-order valence-electron chi connectivity index (χ1n) is 8.73. The van der Waals surface area contributed by atoms with Crippen molar-refractivity contribution in [3.63, 3.8) is 0 Å². The lowest BCUT2D eigenvalue weighted by Gasteiger charge is -2.25. The van der Waals surface area contributed by atoms with Gasteiger partial charge < -0.3 is 9.47 Å². The van der Waals surface area contributed by atoms with Crippen LogP contribution in [0.5, 0.6) is 11.5 Å². The topological polar surface area (TPSA) is 55.8 Å². The molecule has 2 aromatic rings. The molecule has 26 heavy (non-hydrogen) atoms. The van der Waals surface area contributed by atoms with Gasteiger partial charge in [0.05, 0.1) is 24.2 Å². The standard InChI is InChI=1S/C19H20FNO4S/c20-15-5-7-16(8-6-15)26(22,23)21-10-1-3-17(21)14-4-9-18-19(13-14)25-12-2-11-24-18/h4-9,13,17H,1-3,10-12H2. The van der Waals surface area contributed by atoms with E-state index in [9.17, 15) is 12.8 Å². The van der Waals surface area contributed by atoms with Gasteiger partial charge in [0.15, 0.2) is 11.5 Å². The number of ether oxygens (including phenoxy) is 2. The fourth-order valence-corrected chi connectivity index (χ4v) is 5.17. The maximum absolute atomic E-state index is 13.2. The zero-order valence-electron chi connectivity index (χ0n) is 14.2. The zero-order chi connectivity index (χ0) is 18.1. The van der Waals surface area contributed by atoms with Gasteiger partial charge in [-0.15, -0.1) is 0 Å². The van der Waals surface area contributed by atoms with Crippen LogP contribution in [0.4, 0.5) is 4.39 Å². The molecule has 4 rings (SSSR count). The number of rotatable bonds is 3. The minimum absolute atomic E-state index is 0.111. The van der Waals surface area contributed by atoms with E-state index >= 15 is 0 Å². The first-order valence-corrected chi connectivity index (χ1v) is 10.2. The normalized spacial score (nSPS) is 20.7. The Balaban J connectivity index is 1.66. The molecule has 0 N–H and O–H groups in total. The fraction of sp³-hybridized carbons (Fsp3) is 0.368. The molecule has 2 aromatic carbocycles. The van der Waals surface area contributed by atoms with Gasteiger partial charge in [0, 0.05) is 13.0 Å². The molecule has 0 bridgehead atoms. The van der Waals surface area contributed by atoms with Gasteiger partial charge in [0.1, 0.15) is 5.82 Å². The van der Waals surface area contributed by atoms with Crippen molar-refractivity contribution in [1.82, 2.24) is 4.31 Å². The summed E-state index contributed by atoms with van der Waals surface area (Å²) < 4.78 is 52.1. The van der Waals surface area contributed by atoms with Crippen LogP contribution in [0.1, 0.15) is 30.9 Å². The highest BCUT2D eigenvalue weighted by Gasteiger charge is 2.36.